The van der Waals surface area contributed by atoms with Crippen LogP contribution in [-0.2, 0) is 24.3 Å². The zero-order valence-corrected chi connectivity index (χ0v) is 19.4. The van der Waals surface area contributed by atoms with Crippen LogP contribution in [0.4, 0.5) is 10.5 Å². The fourth-order valence-electron chi connectivity index (χ4n) is 3.43. The monoisotopic (exact) mass is 462 g/mol. The van der Waals surface area contributed by atoms with E-state index in [-0.39, 0.29) is 10.8 Å². The van der Waals surface area contributed by atoms with Gasteiger partial charge in [-0.25, -0.2) is 13.2 Å². The van der Waals surface area contributed by atoms with Gasteiger partial charge in [0.2, 0.25) is 10.0 Å². The third-order valence-electron chi connectivity index (χ3n) is 5.17. The van der Waals surface area contributed by atoms with Crippen molar-refractivity contribution >= 4 is 49.7 Å². The third kappa shape index (κ3) is 4.42. The summed E-state index contributed by atoms with van der Waals surface area (Å²) in [6, 6.07) is 8.77. The molecule has 0 spiro atoms. The number of sulfonamides is 1. The Kier molecular flexibility index (Phi) is 6.75. The van der Waals surface area contributed by atoms with Gasteiger partial charge < -0.3 is 13.9 Å². The van der Waals surface area contributed by atoms with Crippen molar-refractivity contribution in [3.05, 3.63) is 36.4 Å². The summed E-state index contributed by atoms with van der Waals surface area (Å²) in [5.41, 5.74) is 1.45. The number of carbonyl (C=O) groups excluding carboxylic acids is 2. The lowest BCUT2D eigenvalue weighted by atomic mass is 10.1. The van der Waals surface area contributed by atoms with E-state index in [9.17, 15) is 18.0 Å². The topological polar surface area (TPSA) is 115 Å². The molecule has 10 heteroatoms. The molecule has 1 heterocycles. The summed E-state index contributed by atoms with van der Waals surface area (Å²) in [7, 11) is -1.49. The summed E-state index contributed by atoms with van der Waals surface area (Å²) < 4.78 is 43.6. The highest BCUT2D eigenvalue weighted by molar-refractivity contribution is 7.89. The molecule has 1 N–H and O–H groups in total. The third-order valence-corrected chi connectivity index (χ3v) is 6.60. The van der Waals surface area contributed by atoms with Gasteiger partial charge in [0.25, 0.3) is 0 Å². The van der Waals surface area contributed by atoms with Gasteiger partial charge in [-0.2, -0.15) is 4.72 Å². The van der Waals surface area contributed by atoms with E-state index in [4.69, 9.17) is 13.9 Å². The van der Waals surface area contributed by atoms with E-state index in [2.05, 4.69) is 4.72 Å². The van der Waals surface area contributed by atoms with Crippen molar-refractivity contribution in [1.29, 1.82) is 0 Å². The summed E-state index contributed by atoms with van der Waals surface area (Å²) in [6.45, 7) is 5.67. The summed E-state index contributed by atoms with van der Waals surface area (Å²) in [6.07, 6.45) is -0.493. The fourth-order valence-corrected chi connectivity index (χ4v) is 4.78. The van der Waals surface area contributed by atoms with Crippen LogP contribution in [0.1, 0.15) is 20.8 Å². The molecule has 3 rings (SSSR count). The normalized spacial score (nSPS) is 12.8. The van der Waals surface area contributed by atoms with Crippen LogP contribution in [0.25, 0.3) is 21.9 Å². The second kappa shape index (κ2) is 9.17. The number of hydrogen-bond donors (Lipinski definition) is 1. The molecule has 2 aromatic carbocycles. The van der Waals surface area contributed by atoms with E-state index in [1.165, 1.54) is 31.3 Å². The highest BCUT2D eigenvalue weighted by atomic mass is 32.2. The minimum atomic E-state index is -4.01. The molecule has 0 saturated carbocycles. The Labute approximate surface area is 186 Å². The quantitative estimate of drug-likeness (QED) is 0.533. The number of ether oxygens (including phenoxy) is 2. The van der Waals surface area contributed by atoms with Crippen molar-refractivity contribution in [3.8, 4) is 0 Å². The summed E-state index contributed by atoms with van der Waals surface area (Å²) in [5, 5.41) is 1.50. The van der Waals surface area contributed by atoms with Crippen molar-refractivity contribution < 1.29 is 31.9 Å². The molecule has 0 saturated heterocycles. The van der Waals surface area contributed by atoms with Gasteiger partial charge in [0.05, 0.1) is 24.8 Å². The second-order valence-electron chi connectivity index (χ2n) is 7.52. The Hall–Kier alpha value is -3.11. The number of benzene rings is 2. The predicted octanol–water partition coefficient (Wildman–Crippen LogP) is 3.65. The number of nitrogens with one attached hydrogen (secondary N) is 1. The summed E-state index contributed by atoms with van der Waals surface area (Å²) in [5.74, 6) is -0.964. The first-order valence-electron chi connectivity index (χ1n) is 10.0. The van der Waals surface area contributed by atoms with Crippen LogP contribution in [0.2, 0.25) is 0 Å². The van der Waals surface area contributed by atoms with E-state index >= 15 is 0 Å². The van der Waals surface area contributed by atoms with Crippen molar-refractivity contribution in [1.82, 2.24) is 4.72 Å². The first-order chi connectivity index (χ1) is 15.1. The minimum absolute atomic E-state index is 0.0384. The lowest BCUT2D eigenvalue weighted by Gasteiger charge is -2.19. The zero-order valence-electron chi connectivity index (χ0n) is 18.5. The number of hydrogen-bond acceptors (Lipinski definition) is 7. The van der Waals surface area contributed by atoms with Crippen LogP contribution in [-0.4, -0.2) is 47.3 Å². The second-order valence-corrected chi connectivity index (χ2v) is 9.23. The molecule has 0 bridgehead atoms. The Morgan fingerprint density at radius 2 is 1.66 bits per heavy atom. The van der Waals surface area contributed by atoms with Crippen molar-refractivity contribution in [2.24, 2.45) is 5.92 Å². The van der Waals surface area contributed by atoms with Crippen LogP contribution in [0.5, 0.6) is 0 Å². The van der Waals surface area contributed by atoms with Gasteiger partial charge >= 0.3 is 12.1 Å². The minimum Gasteiger partial charge on any atom is -0.468 e. The average molecular weight is 463 g/mol. The zero-order chi connectivity index (χ0) is 23.6. The van der Waals surface area contributed by atoms with Crippen molar-refractivity contribution in [2.45, 2.75) is 31.7 Å². The van der Waals surface area contributed by atoms with Gasteiger partial charge in [0.15, 0.2) is 0 Å². The molecule has 1 aromatic heterocycles. The van der Waals surface area contributed by atoms with Crippen LogP contribution < -0.4 is 9.62 Å². The fraction of sp³-hybridized carbons (Fsp3) is 0.364. The van der Waals surface area contributed by atoms with Gasteiger partial charge in [0.1, 0.15) is 17.2 Å². The molecule has 172 valence electrons. The largest absolute Gasteiger partial charge is 0.468 e. The van der Waals surface area contributed by atoms with Gasteiger partial charge in [-0.3, -0.25) is 9.69 Å². The van der Waals surface area contributed by atoms with Gasteiger partial charge in [-0.1, -0.05) is 13.8 Å². The molecule has 0 aliphatic rings. The summed E-state index contributed by atoms with van der Waals surface area (Å²) >= 11 is 0. The van der Waals surface area contributed by atoms with Gasteiger partial charge in [0, 0.05) is 29.4 Å². The number of anilines is 1. The Bertz CT molecular complexity index is 1260. The number of rotatable bonds is 7. The van der Waals surface area contributed by atoms with Crippen LogP contribution >= 0.6 is 0 Å². The van der Waals surface area contributed by atoms with E-state index in [0.29, 0.717) is 23.4 Å². The predicted molar refractivity (Wildman–Crippen MR) is 120 cm³/mol. The van der Waals surface area contributed by atoms with Gasteiger partial charge in [-0.15, -0.1) is 0 Å². The van der Waals surface area contributed by atoms with Crippen LogP contribution in [0.3, 0.4) is 0 Å². The number of carbonyl (C=O) groups is 2. The molecule has 0 unspecified atom stereocenters. The summed E-state index contributed by atoms with van der Waals surface area (Å²) in [4.78, 5) is 25.4. The highest BCUT2D eigenvalue weighted by Crippen LogP contribution is 2.33. The highest BCUT2D eigenvalue weighted by Gasteiger charge is 2.29. The molecular formula is C22H26N2O7S. The van der Waals surface area contributed by atoms with Crippen molar-refractivity contribution in [3.63, 3.8) is 0 Å². The van der Waals surface area contributed by atoms with Crippen LogP contribution in [0, 0.1) is 5.92 Å². The Balaban J connectivity index is 2.02. The molecule has 9 nitrogen and oxygen atoms in total. The molecule has 3 aromatic rings. The van der Waals surface area contributed by atoms with Gasteiger partial charge in [-0.05, 0) is 37.1 Å². The average Bonchev–Trinajstić information content (AvgIpc) is 3.14. The number of amides is 1. The lowest BCUT2D eigenvalue weighted by Crippen LogP contribution is -2.44. The molecule has 0 fully saturated rings. The maximum Gasteiger partial charge on any atom is 0.413 e. The molecule has 32 heavy (non-hydrogen) atoms. The Morgan fingerprint density at radius 1 is 1.03 bits per heavy atom. The molecule has 0 radical (unpaired) electrons. The van der Waals surface area contributed by atoms with E-state index in [1.54, 1.807) is 38.1 Å². The first-order valence-corrected chi connectivity index (χ1v) is 11.5. The first kappa shape index (κ1) is 23.6. The number of fused-ring (bicyclic) bond motifs is 3. The molecular weight excluding hydrogens is 436 g/mol. The molecule has 1 amide bonds. The molecule has 0 aliphatic carbocycles. The standard InChI is InChI=1S/C22H26N2O7S/c1-6-24(22(26)30-5)14-7-9-16-17-10-8-15(12-19(17)31-18(16)11-14)32(27,28)23-20(13(2)3)21(25)29-4/h7-13,20,23H,6H2,1-5H3/t20-/m0/s1. The maximum atomic E-state index is 12.9. The SMILES string of the molecule is CCN(C(=O)OC)c1ccc2c(c1)oc1cc(S(=O)(=O)N[C@H](C(=O)OC)C(C)C)ccc12. The number of furan rings is 1. The smallest absolute Gasteiger partial charge is 0.413 e. The lowest BCUT2D eigenvalue weighted by molar-refractivity contribution is -0.143. The maximum absolute atomic E-state index is 12.9. The number of methoxy groups -OCH3 is 2. The molecule has 0 aliphatic heterocycles. The number of esters is 1. The molecule has 1 atom stereocenters. The van der Waals surface area contributed by atoms with Crippen molar-refractivity contribution in [2.75, 3.05) is 25.7 Å². The Morgan fingerprint density at radius 3 is 2.22 bits per heavy atom. The van der Waals surface area contributed by atoms with E-state index < -0.39 is 28.1 Å². The van der Waals surface area contributed by atoms with E-state index in [0.717, 1.165) is 10.8 Å². The number of nitrogens with zero attached hydrogens (tertiary/aromatic N) is 1. The van der Waals surface area contributed by atoms with E-state index in [1.807, 2.05) is 6.92 Å². The van der Waals surface area contributed by atoms with Crippen LogP contribution in [0.15, 0.2) is 45.7 Å².